The highest BCUT2D eigenvalue weighted by Crippen LogP contribution is 2.37. The van der Waals surface area contributed by atoms with Gasteiger partial charge in [0, 0.05) is 23.1 Å². The number of nitro benzene ring substituents is 1. The standard InChI is InChI=1S/C19H15FN2O6S2/c1-2-28-19(23)17-16(12-6-8-13(20)9-7-12)11-29-18(17)21-30(26,27)15-5-3-4-14(10-15)22(24)25/h3-11,21H,2H2,1H3. The summed E-state index contributed by atoms with van der Waals surface area (Å²) in [6.45, 7) is 1.67. The highest BCUT2D eigenvalue weighted by Gasteiger charge is 2.26. The van der Waals surface area contributed by atoms with Gasteiger partial charge in [0.2, 0.25) is 0 Å². The average Bonchev–Trinajstić information content (AvgIpc) is 3.11. The van der Waals surface area contributed by atoms with E-state index in [0.717, 1.165) is 17.4 Å². The van der Waals surface area contributed by atoms with Crippen molar-refractivity contribution in [3.05, 3.63) is 75.4 Å². The van der Waals surface area contributed by atoms with Crippen LogP contribution in [-0.4, -0.2) is 25.9 Å². The molecule has 8 nitrogen and oxygen atoms in total. The van der Waals surface area contributed by atoms with Gasteiger partial charge in [0.1, 0.15) is 16.4 Å². The average molecular weight is 450 g/mol. The number of nitrogens with one attached hydrogen (secondary N) is 1. The molecule has 0 saturated carbocycles. The number of carbonyl (C=O) groups is 1. The van der Waals surface area contributed by atoms with Gasteiger partial charge in [-0.05, 0) is 30.7 Å². The number of benzene rings is 2. The van der Waals surface area contributed by atoms with Gasteiger partial charge in [-0.3, -0.25) is 14.8 Å². The first-order valence-electron chi connectivity index (χ1n) is 8.54. The van der Waals surface area contributed by atoms with Crippen molar-refractivity contribution in [2.24, 2.45) is 0 Å². The first-order chi connectivity index (χ1) is 14.2. The van der Waals surface area contributed by atoms with Crippen LogP contribution in [0.1, 0.15) is 17.3 Å². The summed E-state index contributed by atoms with van der Waals surface area (Å²) in [5.74, 6) is -1.21. The molecule has 0 bridgehead atoms. The molecule has 3 aromatic rings. The van der Waals surface area contributed by atoms with Crippen molar-refractivity contribution in [2.45, 2.75) is 11.8 Å². The van der Waals surface area contributed by atoms with Crippen LogP contribution in [0, 0.1) is 15.9 Å². The smallest absolute Gasteiger partial charge is 0.341 e. The molecule has 1 aromatic heterocycles. The highest BCUT2D eigenvalue weighted by atomic mass is 32.2. The minimum atomic E-state index is -4.23. The zero-order valence-corrected chi connectivity index (χ0v) is 17.1. The number of halogens is 1. The Bertz CT molecular complexity index is 1210. The van der Waals surface area contributed by atoms with E-state index in [4.69, 9.17) is 4.74 Å². The Balaban J connectivity index is 2.05. The van der Waals surface area contributed by atoms with Crippen molar-refractivity contribution in [2.75, 3.05) is 11.3 Å². The number of thiophene rings is 1. The van der Waals surface area contributed by atoms with E-state index in [0.29, 0.717) is 11.1 Å². The predicted octanol–water partition coefficient (Wildman–Crippen LogP) is 4.44. The topological polar surface area (TPSA) is 116 Å². The van der Waals surface area contributed by atoms with Crippen LogP contribution >= 0.6 is 11.3 Å². The number of carbonyl (C=O) groups excluding carboxylic acids is 1. The van der Waals surface area contributed by atoms with Crippen LogP contribution in [0.2, 0.25) is 0 Å². The second-order valence-electron chi connectivity index (χ2n) is 5.94. The van der Waals surface area contributed by atoms with E-state index in [1.807, 2.05) is 0 Å². The summed E-state index contributed by atoms with van der Waals surface area (Å²) in [4.78, 5) is 22.4. The van der Waals surface area contributed by atoms with Crippen molar-refractivity contribution >= 4 is 38.0 Å². The molecule has 0 fully saturated rings. The Morgan fingerprint density at radius 1 is 1.23 bits per heavy atom. The monoisotopic (exact) mass is 450 g/mol. The van der Waals surface area contributed by atoms with E-state index in [9.17, 15) is 27.7 Å². The molecule has 0 spiro atoms. The van der Waals surface area contributed by atoms with Crippen LogP contribution in [0.4, 0.5) is 15.1 Å². The largest absolute Gasteiger partial charge is 0.462 e. The third-order valence-electron chi connectivity index (χ3n) is 3.99. The van der Waals surface area contributed by atoms with Crippen LogP contribution in [0.15, 0.2) is 58.8 Å². The Hall–Kier alpha value is -3.31. The second kappa shape index (κ2) is 8.59. The molecule has 0 unspecified atom stereocenters. The number of non-ortho nitro benzene ring substituents is 1. The molecule has 3 rings (SSSR count). The lowest BCUT2D eigenvalue weighted by Crippen LogP contribution is -2.15. The Labute approximate surface area is 175 Å². The summed E-state index contributed by atoms with van der Waals surface area (Å²) in [6, 6.07) is 9.88. The van der Waals surface area contributed by atoms with Gasteiger partial charge >= 0.3 is 5.97 Å². The van der Waals surface area contributed by atoms with E-state index >= 15 is 0 Å². The third-order valence-corrected chi connectivity index (χ3v) is 6.36. The Morgan fingerprint density at radius 3 is 2.57 bits per heavy atom. The number of anilines is 1. The van der Waals surface area contributed by atoms with Gasteiger partial charge in [-0.1, -0.05) is 18.2 Å². The van der Waals surface area contributed by atoms with Gasteiger partial charge in [0.25, 0.3) is 15.7 Å². The molecule has 2 aromatic carbocycles. The number of rotatable bonds is 7. The van der Waals surface area contributed by atoms with Crippen molar-refractivity contribution in [1.29, 1.82) is 0 Å². The molecule has 0 aliphatic rings. The molecule has 0 atom stereocenters. The lowest BCUT2D eigenvalue weighted by molar-refractivity contribution is -0.385. The fourth-order valence-corrected chi connectivity index (χ4v) is 4.95. The van der Waals surface area contributed by atoms with E-state index < -0.39 is 26.7 Å². The Morgan fingerprint density at radius 2 is 1.93 bits per heavy atom. The second-order valence-corrected chi connectivity index (χ2v) is 8.50. The zero-order valence-electron chi connectivity index (χ0n) is 15.5. The first kappa shape index (κ1) is 21.4. The fraction of sp³-hybridized carbons (Fsp3) is 0.105. The van der Waals surface area contributed by atoms with E-state index in [1.165, 1.54) is 42.5 Å². The van der Waals surface area contributed by atoms with Crippen LogP contribution in [0.3, 0.4) is 0 Å². The third kappa shape index (κ3) is 4.47. The minimum absolute atomic E-state index is 0.0146. The normalized spacial score (nSPS) is 11.1. The van der Waals surface area contributed by atoms with Crippen LogP contribution < -0.4 is 4.72 Å². The molecule has 0 radical (unpaired) electrons. The van der Waals surface area contributed by atoms with Gasteiger partial charge in [0.15, 0.2) is 0 Å². The summed E-state index contributed by atoms with van der Waals surface area (Å²) in [7, 11) is -4.23. The number of ether oxygens (including phenoxy) is 1. The molecule has 0 amide bonds. The summed E-state index contributed by atoms with van der Waals surface area (Å²) in [6.07, 6.45) is 0. The van der Waals surface area contributed by atoms with Gasteiger partial charge < -0.3 is 4.74 Å². The van der Waals surface area contributed by atoms with Gasteiger partial charge in [0.05, 0.1) is 16.4 Å². The van der Waals surface area contributed by atoms with Crippen LogP contribution in [-0.2, 0) is 14.8 Å². The van der Waals surface area contributed by atoms with E-state index in [1.54, 1.807) is 12.3 Å². The lowest BCUT2D eigenvalue weighted by atomic mass is 10.0. The quantitative estimate of drug-likeness (QED) is 0.323. The molecular formula is C19H15FN2O6S2. The number of esters is 1. The minimum Gasteiger partial charge on any atom is -0.462 e. The summed E-state index contributed by atoms with van der Waals surface area (Å²) < 4.78 is 46.2. The van der Waals surface area contributed by atoms with Gasteiger partial charge in [-0.25, -0.2) is 17.6 Å². The van der Waals surface area contributed by atoms with Crippen molar-refractivity contribution in [1.82, 2.24) is 0 Å². The number of sulfonamides is 1. The highest BCUT2D eigenvalue weighted by molar-refractivity contribution is 7.93. The molecular weight excluding hydrogens is 435 g/mol. The number of nitro groups is 1. The maximum Gasteiger partial charge on any atom is 0.341 e. The summed E-state index contributed by atoms with van der Waals surface area (Å²) in [5, 5.41) is 12.5. The van der Waals surface area contributed by atoms with Gasteiger partial charge in [-0.2, -0.15) is 0 Å². The zero-order chi connectivity index (χ0) is 21.9. The first-order valence-corrected chi connectivity index (χ1v) is 10.9. The summed E-state index contributed by atoms with van der Waals surface area (Å²) >= 11 is 0.943. The SMILES string of the molecule is CCOC(=O)c1c(-c2ccc(F)cc2)csc1NS(=O)(=O)c1cccc([N+](=O)[O-])c1. The molecule has 11 heteroatoms. The number of hydrogen-bond donors (Lipinski definition) is 1. The van der Waals surface area contributed by atoms with Crippen molar-refractivity contribution in [3.63, 3.8) is 0 Å². The predicted molar refractivity (Wildman–Crippen MR) is 110 cm³/mol. The van der Waals surface area contributed by atoms with E-state index in [2.05, 4.69) is 4.72 Å². The molecule has 0 saturated heterocycles. The molecule has 1 heterocycles. The van der Waals surface area contributed by atoms with Crippen LogP contribution in [0.5, 0.6) is 0 Å². The maximum atomic E-state index is 13.3. The molecule has 30 heavy (non-hydrogen) atoms. The van der Waals surface area contributed by atoms with E-state index in [-0.39, 0.29) is 27.8 Å². The van der Waals surface area contributed by atoms with Crippen LogP contribution in [0.25, 0.3) is 11.1 Å². The maximum absolute atomic E-state index is 13.3. The molecule has 156 valence electrons. The molecule has 0 aliphatic heterocycles. The van der Waals surface area contributed by atoms with Crippen molar-refractivity contribution in [3.8, 4) is 11.1 Å². The molecule has 1 N–H and O–H groups in total. The number of hydrogen-bond acceptors (Lipinski definition) is 7. The Kier molecular flexibility index (Phi) is 6.13. The summed E-state index contributed by atoms with van der Waals surface area (Å²) in [5.41, 5.74) is 0.454. The molecule has 0 aliphatic carbocycles. The van der Waals surface area contributed by atoms with Gasteiger partial charge in [-0.15, -0.1) is 11.3 Å². The fourth-order valence-electron chi connectivity index (χ4n) is 2.63. The van der Waals surface area contributed by atoms with Crippen molar-refractivity contribution < 1.29 is 27.3 Å². The number of nitrogens with zero attached hydrogens (tertiary/aromatic N) is 1. The lowest BCUT2D eigenvalue weighted by Gasteiger charge is -2.10.